The Morgan fingerprint density at radius 3 is 1.67 bits per heavy atom. The highest BCUT2D eigenvalue weighted by Gasteiger charge is 2.28. The Bertz CT molecular complexity index is 214. The van der Waals surface area contributed by atoms with E-state index in [0.29, 0.717) is 0 Å². The third-order valence-corrected chi connectivity index (χ3v) is 1.21. The van der Waals surface area contributed by atoms with Crippen LogP contribution in [0.1, 0.15) is 12.8 Å². The van der Waals surface area contributed by atoms with Crippen LogP contribution in [-0.2, 0) is 9.59 Å². The zero-order chi connectivity index (χ0) is 12.1. The topological polar surface area (TPSA) is 115 Å². The first-order valence-corrected chi connectivity index (χ1v) is 4.12. The molecule has 86 valence electrons. The van der Waals surface area contributed by atoms with Crippen LogP contribution in [0.5, 0.6) is 0 Å². The van der Waals surface area contributed by atoms with Gasteiger partial charge >= 0.3 is 5.97 Å². The molecule has 0 aromatic heterocycles. The van der Waals surface area contributed by atoms with Crippen LogP contribution in [-0.4, -0.2) is 46.1 Å². The lowest BCUT2D eigenvalue weighted by Crippen LogP contribution is -1.94. The smallest absolute Gasteiger partial charge is 0.306 e. The maximum Gasteiger partial charge on any atom is 0.306 e. The predicted octanol–water partition coefficient (Wildman–Crippen LogP) is -0.844. The third-order valence-electron chi connectivity index (χ3n) is 1.21. The van der Waals surface area contributed by atoms with E-state index in [1.807, 2.05) is 0 Å². The molecule has 1 rings (SSSR count). The average Bonchev–Trinajstić information content (AvgIpc) is 3.00. The standard InChI is InChI=1S/2C4H6O2.CH2O2/c5-4(6)3-1-2-3;5-3-1-2-4-6;2-1-3/h3H,1-2H2,(H,5,6);5-6H,3-4H2;1H,(H,2,3). The number of aliphatic hydroxyl groups excluding tert-OH is 2. The Labute approximate surface area is 87.2 Å². The molecule has 0 aliphatic heterocycles. The molecule has 1 fully saturated rings. The molecule has 0 amide bonds. The molecule has 0 saturated heterocycles. The van der Waals surface area contributed by atoms with Crippen LogP contribution < -0.4 is 0 Å². The molecule has 6 nitrogen and oxygen atoms in total. The third kappa shape index (κ3) is 19.0. The van der Waals surface area contributed by atoms with Crippen molar-refractivity contribution in [3.05, 3.63) is 0 Å². The van der Waals surface area contributed by atoms with Gasteiger partial charge in [-0.15, -0.1) is 0 Å². The molecular weight excluding hydrogens is 204 g/mol. The molecule has 4 N–H and O–H groups in total. The first-order chi connectivity index (χ1) is 7.13. The van der Waals surface area contributed by atoms with E-state index in [1.165, 1.54) is 0 Å². The van der Waals surface area contributed by atoms with Crippen molar-refractivity contribution < 1.29 is 30.0 Å². The van der Waals surface area contributed by atoms with E-state index in [1.54, 1.807) is 0 Å². The largest absolute Gasteiger partial charge is 0.483 e. The summed E-state index contributed by atoms with van der Waals surface area (Å²) in [6.45, 7) is -0.582. The maximum absolute atomic E-state index is 9.76. The number of carboxylic acids is 1. The summed E-state index contributed by atoms with van der Waals surface area (Å²) < 4.78 is 0. The fourth-order valence-corrected chi connectivity index (χ4v) is 0.442. The van der Waals surface area contributed by atoms with E-state index in [9.17, 15) is 4.79 Å². The van der Waals surface area contributed by atoms with Gasteiger partial charge in [0.05, 0.1) is 5.92 Å². The van der Waals surface area contributed by atoms with Crippen LogP contribution in [0.3, 0.4) is 0 Å². The Kier molecular flexibility index (Phi) is 13.1. The minimum Gasteiger partial charge on any atom is -0.483 e. The van der Waals surface area contributed by atoms with Crippen LogP contribution in [0.2, 0.25) is 0 Å². The number of hydrogen-bond acceptors (Lipinski definition) is 4. The zero-order valence-electron chi connectivity index (χ0n) is 8.09. The van der Waals surface area contributed by atoms with Gasteiger partial charge in [-0.1, -0.05) is 11.8 Å². The number of rotatable bonds is 1. The number of carboxylic acid groups (broad SMARTS) is 2. The summed E-state index contributed by atoms with van der Waals surface area (Å²) in [4.78, 5) is 18.1. The molecule has 6 heteroatoms. The van der Waals surface area contributed by atoms with Gasteiger partial charge < -0.3 is 20.4 Å². The summed E-state index contributed by atoms with van der Waals surface area (Å²) in [6, 6.07) is 0. The highest BCUT2D eigenvalue weighted by atomic mass is 16.4. The Balaban J connectivity index is 0. The lowest BCUT2D eigenvalue weighted by Gasteiger charge is -1.75. The van der Waals surface area contributed by atoms with Crippen molar-refractivity contribution in [3.8, 4) is 11.8 Å². The van der Waals surface area contributed by atoms with Crippen molar-refractivity contribution in [3.63, 3.8) is 0 Å². The van der Waals surface area contributed by atoms with Gasteiger partial charge in [0, 0.05) is 0 Å². The second-order valence-electron chi connectivity index (χ2n) is 2.39. The van der Waals surface area contributed by atoms with E-state index in [2.05, 4.69) is 11.8 Å². The van der Waals surface area contributed by atoms with E-state index < -0.39 is 5.97 Å². The normalized spacial score (nSPS) is 11.6. The monoisotopic (exact) mass is 218 g/mol. The molecule has 0 radical (unpaired) electrons. The van der Waals surface area contributed by atoms with Gasteiger partial charge in [0.2, 0.25) is 0 Å². The summed E-state index contributed by atoms with van der Waals surface area (Å²) in [5.74, 6) is 3.90. The van der Waals surface area contributed by atoms with Crippen molar-refractivity contribution in [1.29, 1.82) is 0 Å². The second-order valence-corrected chi connectivity index (χ2v) is 2.39. The first kappa shape index (κ1) is 15.9. The summed E-state index contributed by atoms with van der Waals surface area (Å²) >= 11 is 0. The summed E-state index contributed by atoms with van der Waals surface area (Å²) in [5, 5.41) is 30.8. The number of carbonyl (C=O) groups is 2. The highest BCUT2D eigenvalue weighted by Crippen LogP contribution is 2.28. The molecule has 0 bridgehead atoms. The Morgan fingerprint density at radius 1 is 1.27 bits per heavy atom. The van der Waals surface area contributed by atoms with Gasteiger partial charge in [0.1, 0.15) is 13.2 Å². The molecule has 15 heavy (non-hydrogen) atoms. The molecule has 1 saturated carbocycles. The summed E-state index contributed by atoms with van der Waals surface area (Å²) in [7, 11) is 0. The van der Waals surface area contributed by atoms with Gasteiger partial charge in [-0.2, -0.15) is 0 Å². The quantitative estimate of drug-likeness (QED) is 0.337. The Morgan fingerprint density at radius 2 is 1.60 bits per heavy atom. The molecule has 0 aromatic carbocycles. The van der Waals surface area contributed by atoms with Crippen molar-refractivity contribution in [1.82, 2.24) is 0 Å². The lowest BCUT2D eigenvalue weighted by molar-refractivity contribution is -0.138. The highest BCUT2D eigenvalue weighted by molar-refractivity contribution is 5.72. The van der Waals surface area contributed by atoms with Gasteiger partial charge in [0.15, 0.2) is 0 Å². The van der Waals surface area contributed by atoms with E-state index in [-0.39, 0.29) is 25.6 Å². The van der Waals surface area contributed by atoms with Gasteiger partial charge in [-0.25, -0.2) is 0 Å². The second kappa shape index (κ2) is 12.4. The van der Waals surface area contributed by atoms with Gasteiger partial charge in [0.25, 0.3) is 6.47 Å². The minimum absolute atomic E-state index is 0.0185. The zero-order valence-corrected chi connectivity index (χ0v) is 8.09. The van der Waals surface area contributed by atoms with Crippen molar-refractivity contribution in [2.24, 2.45) is 5.92 Å². The van der Waals surface area contributed by atoms with E-state index in [0.717, 1.165) is 12.8 Å². The fraction of sp³-hybridized carbons (Fsp3) is 0.556. The lowest BCUT2D eigenvalue weighted by atomic mass is 10.5. The van der Waals surface area contributed by atoms with Gasteiger partial charge in [-0.05, 0) is 12.8 Å². The summed E-state index contributed by atoms with van der Waals surface area (Å²) in [5.41, 5.74) is 0. The molecule has 0 heterocycles. The maximum atomic E-state index is 9.76. The SMILES string of the molecule is O=C(O)C1CC1.O=CO.OCC#CCO. The molecule has 0 aromatic rings. The van der Waals surface area contributed by atoms with Crippen LogP contribution in [0.4, 0.5) is 0 Å². The number of hydrogen-bond donors (Lipinski definition) is 4. The minimum atomic E-state index is -0.630. The summed E-state index contributed by atoms with van der Waals surface area (Å²) in [6.07, 6.45) is 1.80. The Hall–Kier alpha value is -1.58. The number of aliphatic carboxylic acids is 1. The molecule has 0 atom stereocenters. The van der Waals surface area contributed by atoms with Crippen molar-refractivity contribution >= 4 is 12.4 Å². The predicted molar refractivity (Wildman–Crippen MR) is 51.0 cm³/mol. The van der Waals surface area contributed by atoms with Crippen LogP contribution >= 0.6 is 0 Å². The molecule has 1 aliphatic carbocycles. The van der Waals surface area contributed by atoms with Crippen molar-refractivity contribution in [2.75, 3.05) is 13.2 Å². The average molecular weight is 218 g/mol. The molecule has 0 spiro atoms. The first-order valence-electron chi connectivity index (χ1n) is 4.12. The fourth-order valence-electron chi connectivity index (χ4n) is 0.442. The van der Waals surface area contributed by atoms with Crippen LogP contribution in [0.25, 0.3) is 0 Å². The molecular formula is C9H14O6. The number of aliphatic hydroxyl groups is 2. The van der Waals surface area contributed by atoms with Gasteiger partial charge in [-0.3, -0.25) is 9.59 Å². The van der Waals surface area contributed by atoms with E-state index in [4.69, 9.17) is 25.2 Å². The van der Waals surface area contributed by atoms with Crippen LogP contribution in [0, 0.1) is 17.8 Å². The van der Waals surface area contributed by atoms with Crippen molar-refractivity contribution in [2.45, 2.75) is 12.8 Å². The van der Waals surface area contributed by atoms with E-state index >= 15 is 0 Å². The molecule has 1 aliphatic rings. The van der Waals surface area contributed by atoms with Crippen LogP contribution in [0.15, 0.2) is 0 Å². The molecule has 0 unspecified atom stereocenters.